The van der Waals surface area contributed by atoms with Crippen LogP contribution in [0.5, 0.6) is 11.5 Å². The molecule has 3 nitrogen and oxygen atoms in total. The fourth-order valence-electron chi connectivity index (χ4n) is 5.82. The van der Waals surface area contributed by atoms with Crippen molar-refractivity contribution in [2.45, 2.75) is 20.8 Å². The first-order valence-corrected chi connectivity index (χ1v) is 16.9. The van der Waals surface area contributed by atoms with Crippen LogP contribution in [-0.4, -0.2) is 14.2 Å². The van der Waals surface area contributed by atoms with E-state index in [0.717, 1.165) is 45.1 Å². The summed E-state index contributed by atoms with van der Waals surface area (Å²) in [5.41, 5.74) is 13.8. The van der Waals surface area contributed by atoms with Crippen LogP contribution in [-0.2, 0) is 0 Å². The van der Waals surface area contributed by atoms with Gasteiger partial charge in [-0.25, -0.2) is 0 Å². The zero-order chi connectivity index (χ0) is 34.9. The minimum absolute atomic E-state index is 0.821. The van der Waals surface area contributed by atoms with Gasteiger partial charge in [-0.2, -0.15) is 0 Å². The summed E-state index contributed by atoms with van der Waals surface area (Å²) < 4.78 is 10.9. The number of nitrogens with zero attached hydrogens (tertiary/aromatic N) is 1. The van der Waals surface area contributed by atoms with E-state index in [9.17, 15) is 0 Å². The van der Waals surface area contributed by atoms with Gasteiger partial charge in [0, 0.05) is 23.1 Å². The highest BCUT2D eigenvalue weighted by molar-refractivity contribution is 5.85. The molecule has 0 fully saturated rings. The molecule has 0 saturated heterocycles. The third-order valence-corrected chi connectivity index (χ3v) is 8.82. The fraction of sp³-hybridized carbons (Fsp3) is 0.106. The number of hydrogen-bond donors (Lipinski definition) is 0. The lowest BCUT2D eigenvalue weighted by molar-refractivity contribution is 0.414. The molecule has 248 valence electrons. The summed E-state index contributed by atoms with van der Waals surface area (Å²) in [6, 6.07) is 51.2. The molecule has 0 spiro atoms. The molecule has 6 aromatic rings. The number of benzene rings is 6. The summed E-state index contributed by atoms with van der Waals surface area (Å²) in [7, 11) is 3.38. The molecule has 0 aliphatic heterocycles. The molecule has 6 aromatic carbocycles. The molecule has 6 rings (SSSR count). The Morgan fingerprint density at radius 2 is 0.800 bits per heavy atom. The van der Waals surface area contributed by atoms with Crippen molar-refractivity contribution < 1.29 is 9.47 Å². The van der Waals surface area contributed by atoms with Gasteiger partial charge in [-0.05, 0) is 103 Å². The standard InChI is InChI=1S/C47H43NO2/c1-34-9-17-38(18-10-34)46(39-19-11-35(2)12-20-39)8-6-7-37-15-27-43(28-16-37)48(42-25-13-36(3)14-26-42)33-47(40-21-29-44(49-4)30-22-40)41-23-31-45(50-5)32-24-41/h6-33H,1-5H3/b7-6+. The van der Waals surface area contributed by atoms with E-state index in [1.165, 1.54) is 33.4 Å². The number of hydrogen-bond acceptors (Lipinski definition) is 3. The maximum absolute atomic E-state index is 5.47. The predicted molar refractivity (Wildman–Crippen MR) is 211 cm³/mol. The Balaban J connectivity index is 1.37. The lowest BCUT2D eigenvalue weighted by atomic mass is 9.96. The number of methoxy groups -OCH3 is 2. The highest BCUT2D eigenvalue weighted by Crippen LogP contribution is 2.33. The van der Waals surface area contributed by atoms with Crippen molar-refractivity contribution in [2.75, 3.05) is 19.1 Å². The molecular weight excluding hydrogens is 611 g/mol. The van der Waals surface area contributed by atoms with E-state index < -0.39 is 0 Å². The molecule has 0 radical (unpaired) electrons. The molecule has 0 heterocycles. The molecule has 0 amide bonds. The first-order chi connectivity index (χ1) is 24.4. The Morgan fingerprint density at radius 3 is 1.22 bits per heavy atom. The van der Waals surface area contributed by atoms with Gasteiger partial charge in [-0.15, -0.1) is 0 Å². The van der Waals surface area contributed by atoms with Gasteiger partial charge < -0.3 is 14.4 Å². The third kappa shape index (κ3) is 8.32. The van der Waals surface area contributed by atoms with E-state index in [-0.39, 0.29) is 0 Å². The zero-order valence-corrected chi connectivity index (χ0v) is 29.4. The van der Waals surface area contributed by atoms with Gasteiger partial charge in [0.05, 0.1) is 14.2 Å². The van der Waals surface area contributed by atoms with E-state index in [1.54, 1.807) is 14.2 Å². The Kier molecular flexibility index (Phi) is 10.8. The Hall–Kier alpha value is -6.06. The average Bonchev–Trinajstić information content (AvgIpc) is 3.16. The van der Waals surface area contributed by atoms with Crippen molar-refractivity contribution in [3.63, 3.8) is 0 Å². The lowest BCUT2D eigenvalue weighted by Gasteiger charge is -2.24. The van der Waals surface area contributed by atoms with E-state index in [0.29, 0.717) is 0 Å². The second kappa shape index (κ2) is 15.9. The van der Waals surface area contributed by atoms with Crippen LogP contribution >= 0.6 is 0 Å². The maximum atomic E-state index is 5.47. The number of allylic oxidation sites excluding steroid dienone is 2. The highest BCUT2D eigenvalue weighted by Gasteiger charge is 2.13. The minimum atomic E-state index is 0.821. The average molecular weight is 654 g/mol. The second-order valence-corrected chi connectivity index (χ2v) is 12.5. The quantitative estimate of drug-likeness (QED) is 0.130. The van der Waals surface area contributed by atoms with Gasteiger partial charge >= 0.3 is 0 Å². The van der Waals surface area contributed by atoms with E-state index >= 15 is 0 Å². The van der Waals surface area contributed by atoms with Crippen LogP contribution < -0.4 is 14.4 Å². The summed E-state index contributed by atoms with van der Waals surface area (Å²) in [4.78, 5) is 2.25. The number of ether oxygens (including phenoxy) is 2. The summed E-state index contributed by atoms with van der Waals surface area (Å²) in [5, 5.41) is 0. The van der Waals surface area contributed by atoms with Crippen LogP contribution in [0.3, 0.4) is 0 Å². The first kappa shape index (κ1) is 33.8. The van der Waals surface area contributed by atoms with Crippen LogP contribution in [0.2, 0.25) is 0 Å². The smallest absolute Gasteiger partial charge is 0.118 e. The molecule has 0 aromatic heterocycles. The van der Waals surface area contributed by atoms with Gasteiger partial charge in [0.25, 0.3) is 0 Å². The van der Waals surface area contributed by atoms with E-state index in [2.05, 4.69) is 171 Å². The van der Waals surface area contributed by atoms with Crippen molar-refractivity contribution >= 4 is 28.6 Å². The van der Waals surface area contributed by atoms with Crippen molar-refractivity contribution in [1.82, 2.24) is 0 Å². The summed E-state index contributed by atoms with van der Waals surface area (Å²) >= 11 is 0. The Morgan fingerprint density at radius 1 is 0.440 bits per heavy atom. The predicted octanol–water partition coefficient (Wildman–Crippen LogP) is 12.0. The topological polar surface area (TPSA) is 21.7 Å². The molecule has 0 aliphatic carbocycles. The lowest BCUT2D eigenvalue weighted by Crippen LogP contribution is -2.10. The normalized spacial score (nSPS) is 10.8. The van der Waals surface area contributed by atoms with E-state index in [4.69, 9.17) is 9.47 Å². The van der Waals surface area contributed by atoms with Crippen LogP contribution in [0.4, 0.5) is 11.4 Å². The molecule has 0 saturated carbocycles. The largest absolute Gasteiger partial charge is 0.497 e. The first-order valence-electron chi connectivity index (χ1n) is 16.9. The van der Waals surface area contributed by atoms with Crippen LogP contribution in [0, 0.1) is 20.8 Å². The highest BCUT2D eigenvalue weighted by atomic mass is 16.5. The fourth-order valence-corrected chi connectivity index (χ4v) is 5.82. The molecule has 0 unspecified atom stereocenters. The van der Waals surface area contributed by atoms with Gasteiger partial charge in [0.2, 0.25) is 0 Å². The van der Waals surface area contributed by atoms with E-state index in [1.807, 2.05) is 24.3 Å². The van der Waals surface area contributed by atoms with Gasteiger partial charge in [0.15, 0.2) is 0 Å². The van der Waals surface area contributed by atoms with Crippen molar-refractivity contribution in [1.29, 1.82) is 0 Å². The van der Waals surface area contributed by atoms with Crippen molar-refractivity contribution in [2.24, 2.45) is 0 Å². The summed E-state index contributed by atoms with van der Waals surface area (Å²) in [6.07, 6.45) is 8.74. The number of aryl methyl sites for hydroxylation is 3. The summed E-state index contributed by atoms with van der Waals surface area (Å²) in [6.45, 7) is 6.36. The SMILES string of the molecule is COc1ccc(C(=CN(c2ccc(C)cc2)c2ccc(/C=C/C=C(c3ccc(C)cc3)c3ccc(C)cc3)cc2)c2ccc(OC)cc2)cc1. The van der Waals surface area contributed by atoms with Crippen LogP contribution in [0.1, 0.15) is 44.5 Å². The molecule has 0 aliphatic rings. The zero-order valence-electron chi connectivity index (χ0n) is 29.4. The van der Waals surface area contributed by atoms with Gasteiger partial charge in [-0.1, -0.05) is 132 Å². The molecule has 0 N–H and O–H groups in total. The molecule has 0 atom stereocenters. The molecule has 0 bridgehead atoms. The van der Waals surface area contributed by atoms with Crippen molar-refractivity contribution in [3.8, 4) is 11.5 Å². The van der Waals surface area contributed by atoms with Crippen LogP contribution in [0.25, 0.3) is 17.2 Å². The van der Waals surface area contributed by atoms with Crippen molar-refractivity contribution in [3.05, 3.63) is 208 Å². The Bertz CT molecular complexity index is 1990. The van der Waals surface area contributed by atoms with Gasteiger partial charge in [-0.3, -0.25) is 0 Å². The Labute approximate surface area is 297 Å². The van der Waals surface area contributed by atoms with Crippen LogP contribution in [0.15, 0.2) is 164 Å². The summed E-state index contributed by atoms with van der Waals surface area (Å²) in [5.74, 6) is 1.64. The molecule has 50 heavy (non-hydrogen) atoms. The maximum Gasteiger partial charge on any atom is 0.118 e. The minimum Gasteiger partial charge on any atom is -0.497 e. The molecular formula is C47H43NO2. The number of rotatable bonds is 11. The van der Waals surface area contributed by atoms with Gasteiger partial charge in [0.1, 0.15) is 11.5 Å². The monoisotopic (exact) mass is 653 g/mol. The number of anilines is 2. The third-order valence-electron chi connectivity index (χ3n) is 8.82. The second-order valence-electron chi connectivity index (χ2n) is 12.5. The molecule has 3 heteroatoms.